The van der Waals surface area contributed by atoms with Crippen LogP contribution in [-0.4, -0.2) is 59.2 Å². The molecule has 4 rings (SSSR count). The van der Waals surface area contributed by atoms with Gasteiger partial charge >= 0.3 is 0 Å². The summed E-state index contributed by atoms with van der Waals surface area (Å²) >= 11 is 0. The largest absolute Gasteiger partial charge is 0.338 e. The molecule has 0 radical (unpaired) electrons. The highest BCUT2D eigenvalue weighted by Gasteiger charge is 2.43. The molecule has 1 aliphatic rings. The highest BCUT2D eigenvalue weighted by molar-refractivity contribution is 7.89. The molecule has 0 spiro atoms. The Bertz CT molecular complexity index is 1100. The number of nitrogens with one attached hydrogen (secondary N) is 1. The lowest BCUT2D eigenvalue weighted by atomic mass is 10.1. The number of rotatable bonds is 8. The van der Waals surface area contributed by atoms with Crippen molar-refractivity contribution in [2.24, 2.45) is 0 Å². The van der Waals surface area contributed by atoms with Gasteiger partial charge in [-0.05, 0) is 31.2 Å². The van der Waals surface area contributed by atoms with Crippen LogP contribution in [0.15, 0.2) is 66.1 Å². The molecule has 10 heteroatoms. The summed E-state index contributed by atoms with van der Waals surface area (Å²) in [6.07, 6.45) is 8.31. The van der Waals surface area contributed by atoms with E-state index in [9.17, 15) is 8.42 Å². The molecule has 3 aromatic rings. The maximum absolute atomic E-state index is 13.4. The first-order chi connectivity index (χ1) is 15.4. The van der Waals surface area contributed by atoms with Crippen molar-refractivity contribution in [3.05, 3.63) is 66.7 Å². The van der Waals surface area contributed by atoms with E-state index in [1.54, 1.807) is 41.5 Å². The van der Waals surface area contributed by atoms with Crippen molar-refractivity contribution in [3.8, 4) is 0 Å². The van der Waals surface area contributed by atoms with Crippen LogP contribution in [0.1, 0.15) is 25.3 Å². The van der Waals surface area contributed by atoms with Crippen molar-refractivity contribution < 1.29 is 8.42 Å². The summed E-state index contributed by atoms with van der Waals surface area (Å²) < 4.78 is 31.6. The van der Waals surface area contributed by atoms with Gasteiger partial charge in [0.15, 0.2) is 5.79 Å². The van der Waals surface area contributed by atoms with Crippen molar-refractivity contribution in [1.82, 2.24) is 29.4 Å². The number of aromatic nitrogens is 4. The van der Waals surface area contributed by atoms with Gasteiger partial charge in [-0.25, -0.2) is 23.1 Å². The van der Waals surface area contributed by atoms with Crippen LogP contribution < -0.4 is 9.62 Å². The number of nitrogens with zero attached hydrogens (tertiary/aromatic N) is 6. The molecule has 0 aliphatic carbocycles. The lowest BCUT2D eigenvalue weighted by Gasteiger charge is -2.47. The number of anilines is 1. The Kier molecular flexibility index (Phi) is 6.54. The van der Waals surface area contributed by atoms with Gasteiger partial charge in [0.25, 0.3) is 0 Å². The van der Waals surface area contributed by atoms with E-state index >= 15 is 0 Å². The third-order valence-corrected chi connectivity index (χ3v) is 7.24. The Hall–Kier alpha value is -2.82. The Morgan fingerprint density at radius 1 is 1.00 bits per heavy atom. The molecule has 1 fully saturated rings. The van der Waals surface area contributed by atoms with Crippen molar-refractivity contribution in [2.45, 2.75) is 37.4 Å². The average Bonchev–Trinajstić information content (AvgIpc) is 3.35. The Morgan fingerprint density at radius 2 is 1.69 bits per heavy atom. The van der Waals surface area contributed by atoms with Crippen LogP contribution in [0.3, 0.4) is 0 Å². The van der Waals surface area contributed by atoms with Crippen LogP contribution in [0.5, 0.6) is 0 Å². The van der Waals surface area contributed by atoms with Gasteiger partial charge in [0.1, 0.15) is 0 Å². The first kappa shape index (κ1) is 22.4. The smallest absolute Gasteiger partial charge is 0.243 e. The zero-order valence-electron chi connectivity index (χ0n) is 18.4. The highest BCUT2D eigenvalue weighted by atomic mass is 32.2. The number of benzene rings is 1. The monoisotopic (exact) mass is 455 g/mol. The van der Waals surface area contributed by atoms with Crippen LogP contribution >= 0.6 is 0 Å². The second-order valence-electron chi connectivity index (χ2n) is 7.96. The highest BCUT2D eigenvalue weighted by Crippen LogP contribution is 2.29. The summed E-state index contributed by atoms with van der Waals surface area (Å²) in [7, 11) is -3.79. The lowest BCUT2D eigenvalue weighted by molar-refractivity contribution is -0.0188. The second kappa shape index (κ2) is 9.35. The topological polar surface area (TPSA) is 96.3 Å². The van der Waals surface area contributed by atoms with Crippen LogP contribution in [0.2, 0.25) is 0 Å². The quantitative estimate of drug-likeness (QED) is 0.556. The Balaban J connectivity index is 1.65. The molecule has 32 heavy (non-hydrogen) atoms. The predicted octanol–water partition coefficient (Wildman–Crippen LogP) is 2.19. The molecule has 0 bridgehead atoms. The third kappa shape index (κ3) is 4.52. The molecule has 0 saturated carbocycles. The first-order valence-corrected chi connectivity index (χ1v) is 12.3. The molecule has 1 atom stereocenters. The minimum absolute atomic E-state index is 0.243. The third-order valence-electron chi connectivity index (χ3n) is 5.75. The number of aryl methyl sites for hydroxylation is 1. The zero-order valence-corrected chi connectivity index (χ0v) is 19.2. The van der Waals surface area contributed by atoms with E-state index in [-0.39, 0.29) is 4.90 Å². The van der Waals surface area contributed by atoms with E-state index in [2.05, 4.69) is 29.6 Å². The molecule has 170 valence electrons. The van der Waals surface area contributed by atoms with E-state index in [1.807, 2.05) is 38.2 Å². The van der Waals surface area contributed by atoms with Crippen LogP contribution in [0.25, 0.3) is 0 Å². The Morgan fingerprint density at radius 3 is 2.28 bits per heavy atom. The van der Waals surface area contributed by atoms with Crippen molar-refractivity contribution >= 4 is 16.0 Å². The summed E-state index contributed by atoms with van der Waals surface area (Å²) in [5.41, 5.74) is 1.01. The summed E-state index contributed by atoms with van der Waals surface area (Å²) in [5, 5.41) is 4.46. The normalized spacial score (nSPS) is 17.2. The second-order valence-corrected chi connectivity index (χ2v) is 9.64. The lowest BCUT2D eigenvalue weighted by Crippen LogP contribution is -2.65. The number of sulfonamides is 1. The SMILES string of the molecule is CCCC(NS(=O)(=O)c1ccc(C)cc1)(N1CCN(c2ncccn2)CC1)n1cccn1. The predicted molar refractivity (Wildman–Crippen MR) is 122 cm³/mol. The summed E-state index contributed by atoms with van der Waals surface area (Å²) in [6.45, 7) is 6.62. The summed E-state index contributed by atoms with van der Waals surface area (Å²) in [4.78, 5) is 13.2. The maximum atomic E-state index is 13.4. The molecule has 1 aliphatic heterocycles. The van der Waals surface area contributed by atoms with Crippen LogP contribution in [0.4, 0.5) is 5.95 Å². The molecule has 1 unspecified atom stereocenters. The number of hydrogen-bond donors (Lipinski definition) is 1. The minimum atomic E-state index is -3.79. The van der Waals surface area contributed by atoms with E-state index in [0.717, 1.165) is 12.0 Å². The van der Waals surface area contributed by atoms with E-state index < -0.39 is 15.8 Å². The van der Waals surface area contributed by atoms with Gasteiger partial charge in [-0.3, -0.25) is 4.90 Å². The summed E-state index contributed by atoms with van der Waals surface area (Å²) in [6, 6.07) is 10.5. The van der Waals surface area contributed by atoms with Crippen LogP contribution in [-0.2, 0) is 15.8 Å². The number of piperazine rings is 1. The van der Waals surface area contributed by atoms with E-state index in [1.165, 1.54) is 0 Å². The average molecular weight is 456 g/mol. The van der Waals surface area contributed by atoms with Gasteiger partial charge in [-0.1, -0.05) is 31.0 Å². The van der Waals surface area contributed by atoms with E-state index in [4.69, 9.17) is 0 Å². The van der Waals surface area contributed by atoms with Gasteiger partial charge in [0.2, 0.25) is 16.0 Å². The molecular formula is C22H29N7O2S. The molecule has 2 aromatic heterocycles. The molecule has 0 amide bonds. The summed E-state index contributed by atoms with van der Waals surface area (Å²) in [5.74, 6) is -0.321. The fourth-order valence-corrected chi connectivity index (χ4v) is 5.51. The van der Waals surface area contributed by atoms with Gasteiger partial charge in [-0.2, -0.15) is 9.82 Å². The molecule has 9 nitrogen and oxygen atoms in total. The van der Waals surface area contributed by atoms with Gasteiger partial charge in [-0.15, -0.1) is 0 Å². The van der Waals surface area contributed by atoms with Crippen molar-refractivity contribution in [1.29, 1.82) is 0 Å². The molecular weight excluding hydrogens is 426 g/mol. The zero-order chi connectivity index (χ0) is 22.6. The minimum Gasteiger partial charge on any atom is -0.338 e. The van der Waals surface area contributed by atoms with Gasteiger partial charge in [0.05, 0.1) is 4.90 Å². The van der Waals surface area contributed by atoms with Gasteiger partial charge < -0.3 is 4.90 Å². The molecule has 1 N–H and O–H groups in total. The maximum Gasteiger partial charge on any atom is 0.243 e. The van der Waals surface area contributed by atoms with Crippen LogP contribution in [0, 0.1) is 6.92 Å². The number of hydrogen-bond acceptors (Lipinski definition) is 7. The fraction of sp³-hybridized carbons (Fsp3) is 0.409. The van der Waals surface area contributed by atoms with E-state index in [0.29, 0.717) is 38.5 Å². The van der Waals surface area contributed by atoms with Gasteiger partial charge in [0, 0.05) is 57.4 Å². The van der Waals surface area contributed by atoms with Crippen molar-refractivity contribution in [2.75, 3.05) is 31.1 Å². The molecule has 1 aromatic carbocycles. The standard InChI is InChI=1S/C22H29N7O2S/c1-3-10-22(29-14-5-13-25-29,26-32(30,31)20-8-6-19(2)7-9-20)28-17-15-27(16-18-28)21-23-11-4-12-24-21/h4-9,11-14,26H,3,10,15-18H2,1-2H3. The Labute approximate surface area is 189 Å². The fourth-order valence-electron chi connectivity index (χ4n) is 4.14. The molecule has 1 saturated heterocycles. The van der Waals surface area contributed by atoms with Crippen molar-refractivity contribution in [3.63, 3.8) is 0 Å². The first-order valence-electron chi connectivity index (χ1n) is 10.8. The molecule has 3 heterocycles.